The fourth-order valence-electron chi connectivity index (χ4n) is 5.50. The highest BCUT2D eigenvalue weighted by Gasteiger charge is 2.32. The minimum absolute atomic E-state index is 0.150. The van der Waals surface area contributed by atoms with Crippen molar-refractivity contribution < 1.29 is 9.90 Å². The SMILES string of the molecule is Cc1cnc(Nc2ccc(N3CCNCC3)cc2Cl)nc1-c1cc2n(c1)CCN(C(CO)c1cccc(Cl)c1)C2=O. The number of aryl methyl sites for hydroxylation is 1. The minimum Gasteiger partial charge on any atom is -0.394 e. The molecule has 2 aromatic carbocycles. The van der Waals surface area contributed by atoms with Crippen LogP contribution in [0.4, 0.5) is 17.3 Å². The molecule has 4 heterocycles. The number of aliphatic hydroxyl groups excluding tert-OH is 1. The van der Waals surface area contributed by atoms with E-state index in [2.05, 4.69) is 26.6 Å². The second-order valence-electron chi connectivity index (χ2n) is 10.3. The van der Waals surface area contributed by atoms with Crippen molar-refractivity contribution in [1.82, 2.24) is 24.8 Å². The van der Waals surface area contributed by atoms with E-state index in [4.69, 9.17) is 28.2 Å². The topological polar surface area (TPSA) is 98.6 Å². The van der Waals surface area contributed by atoms with Crippen LogP contribution in [0.3, 0.4) is 0 Å². The molecular weight excluding hydrogens is 561 g/mol. The molecule has 2 aliphatic heterocycles. The second kappa shape index (κ2) is 11.7. The summed E-state index contributed by atoms with van der Waals surface area (Å²) in [6.07, 6.45) is 3.71. The van der Waals surface area contributed by atoms with Gasteiger partial charge < -0.3 is 30.1 Å². The Kier molecular flexibility index (Phi) is 7.86. The van der Waals surface area contributed by atoms with E-state index in [1.54, 1.807) is 23.2 Å². The molecule has 41 heavy (non-hydrogen) atoms. The van der Waals surface area contributed by atoms with E-state index in [9.17, 15) is 9.90 Å². The zero-order chi connectivity index (χ0) is 28.5. The summed E-state index contributed by atoms with van der Waals surface area (Å²) in [6, 6.07) is 14.6. The van der Waals surface area contributed by atoms with Crippen molar-refractivity contribution in [2.45, 2.75) is 19.5 Å². The number of hydrogen-bond donors (Lipinski definition) is 3. The summed E-state index contributed by atoms with van der Waals surface area (Å²) >= 11 is 12.8. The van der Waals surface area contributed by atoms with Gasteiger partial charge in [-0.3, -0.25) is 4.79 Å². The first kappa shape index (κ1) is 27.5. The smallest absolute Gasteiger partial charge is 0.271 e. The third kappa shape index (κ3) is 5.63. The molecule has 0 bridgehead atoms. The van der Waals surface area contributed by atoms with Crippen molar-refractivity contribution in [1.29, 1.82) is 0 Å². The van der Waals surface area contributed by atoms with Crippen LogP contribution in [0, 0.1) is 6.92 Å². The Morgan fingerprint density at radius 2 is 1.90 bits per heavy atom. The quantitative estimate of drug-likeness (QED) is 0.281. The largest absolute Gasteiger partial charge is 0.394 e. The number of benzene rings is 2. The summed E-state index contributed by atoms with van der Waals surface area (Å²) in [4.78, 5) is 26.9. The number of aliphatic hydroxyl groups is 1. The maximum absolute atomic E-state index is 13.6. The molecule has 1 fully saturated rings. The van der Waals surface area contributed by atoms with Crippen molar-refractivity contribution in [3.63, 3.8) is 0 Å². The monoisotopic (exact) mass is 591 g/mol. The highest BCUT2D eigenvalue weighted by Crippen LogP contribution is 2.33. The summed E-state index contributed by atoms with van der Waals surface area (Å²) in [6.45, 7) is 6.60. The third-order valence-electron chi connectivity index (χ3n) is 7.67. The van der Waals surface area contributed by atoms with Crippen LogP contribution in [0.5, 0.6) is 0 Å². The molecule has 2 aromatic heterocycles. The molecule has 2 aliphatic rings. The fourth-order valence-corrected chi connectivity index (χ4v) is 5.92. The van der Waals surface area contributed by atoms with Crippen LogP contribution >= 0.6 is 23.2 Å². The molecule has 1 unspecified atom stereocenters. The number of hydrogen-bond acceptors (Lipinski definition) is 7. The number of aromatic nitrogens is 3. The fraction of sp³-hybridized carbons (Fsp3) is 0.300. The van der Waals surface area contributed by atoms with Crippen LogP contribution in [-0.4, -0.2) is 69.8 Å². The Labute approximate surface area is 248 Å². The Morgan fingerprint density at radius 3 is 2.66 bits per heavy atom. The zero-order valence-electron chi connectivity index (χ0n) is 22.6. The van der Waals surface area contributed by atoms with Gasteiger partial charge in [-0.1, -0.05) is 35.3 Å². The van der Waals surface area contributed by atoms with Crippen LogP contribution < -0.4 is 15.5 Å². The van der Waals surface area contributed by atoms with Gasteiger partial charge in [0.1, 0.15) is 5.69 Å². The van der Waals surface area contributed by atoms with Crippen LogP contribution in [0.15, 0.2) is 60.9 Å². The molecule has 1 amide bonds. The summed E-state index contributed by atoms with van der Waals surface area (Å²) in [7, 11) is 0. The van der Waals surface area contributed by atoms with Gasteiger partial charge in [0.05, 0.1) is 29.1 Å². The van der Waals surface area contributed by atoms with Crippen LogP contribution in [0.1, 0.15) is 27.7 Å². The van der Waals surface area contributed by atoms with Crippen molar-refractivity contribution in [2.24, 2.45) is 0 Å². The van der Waals surface area contributed by atoms with Gasteiger partial charge in [0.15, 0.2) is 0 Å². The number of anilines is 3. The van der Waals surface area contributed by atoms with Crippen LogP contribution in [0.2, 0.25) is 10.0 Å². The number of amides is 1. The van der Waals surface area contributed by atoms with E-state index >= 15 is 0 Å². The third-order valence-corrected chi connectivity index (χ3v) is 8.22. The Hall–Kier alpha value is -3.63. The molecule has 0 radical (unpaired) electrons. The van der Waals surface area contributed by atoms with Gasteiger partial charge in [-0.05, 0) is 54.4 Å². The summed E-state index contributed by atoms with van der Waals surface area (Å²) in [5.74, 6) is 0.267. The Bertz CT molecular complexity index is 1590. The predicted molar refractivity (Wildman–Crippen MR) is 162 cm³/mol. The number of fused-ring (bicyclic) bond motifs is 1. The summed E-state index contributed by atoms with van der Waals surface area (Å²) in [5, 5.41) is 18.0. The van der Waals surface area contributed by atoms with E-state index < -0.39 is 6.04 Å². The summed E-state index contributed by atoms with van der Waals surface area (Å²) in [5.41, 5.74) is 5.59. The Morgan fingerprint density at radius 1 is 1.07 bits per heavy atom. The molecule has 1 saturated heterocycles. The molecule has 6 rings (SSSR count). The number of piperazine rings is 1. The first-order valence-electron chi connectivity index (χ1n) is 13.6. The van der Waals surface area contributed by atoms with Crippen LogP contribution in [0.25, 0.3) is 11.3 Å². The lowest BCUT2D eigenvalue weighted by molar-refractivity contribution is 0.0526. The van der Waals surface area contributed by atoms with E-state index in [-0.39, 0.29) is 12.5 Å². The lowest BCUT2D eigenvalue weighted by atomic mass is 10.0. The number of nitrogens with one attached hydrogen (secondary N) is 2. The van der Waals surface area contributed by atoms with Crippen molar-refractivity contribution in [2.75, 3.05) is 49.5 Å². The van der Waals surface area contributed by atoms with Gasteiger partial charge in [-0.15, -0.1) is 0 Å². The molecule has 1 atom stereocenters. The number of carbonyl (C=O) groups is 1. The molecule has 0 aliphatic carbocycles. The zero-order valence-corrected chi connectivity index (χ0v) is 24.2. The number of halogens is 2. The van der Waals surface area contributed by atoms with E-state index in [0.29, 0.717) is 34.8 Å². The first-order chi connectivity index (χ1) is 19.9. The van der Waals surface area contributed by atoms with Gasteiger partial charge in [0.2, 0.25) is 5.95 Å². The van der Waals surface area contributed by atoms with E-state index in [0.717, 1.165) is 59.9 Å². The van der Waals surface area contributed by atoms with Crippen molar-refractivity contribution in [3.8, 4) is 11.3 Å². The highest BCUT2D eigenvalue weighted by molar-refractivity contribution is 6.33. The van der Waals surface area contributed by atoms with Gasteiger partial charge in [-0.25, -0.2) is 9.97 Å². The maximum atomic E-state index is 13.6. The molecule has 212 valence electrons. The lowest BCUT2D eigenvalue weighted by Crippen LogP contribution is -2.43. The summed E-state index contributed by atoms with van der Waals surface area (Å²) < 4.78 is 1.95. The molecule has 0 saturated carbocycles. The maximum Gasteiger partial charge on any atom is 0.271 e. The normalized spacial score (nSPS) is 16.0. The Balaban J connectivity index is 1.23. The van der Waals surface area contributed by atoms with E-state index in [1.807, 2.05) is 48.0 Å². The average Bonchev–Trinajstić information content (AvgIpc) is 3.42. The number of carbonyl (C=O) groups excluding carboxylic acids is 1. The molecule has 3 N–H and O–H groups in total. The van der Waals surface area contributed by atoms with Gasteiger partial charge in [0.25, 0.3) is 5.91 Å². The molecule has 4 aromatic rings. The van der Waals surface area contributed by atoms with Gasteiger partial charge >= 0.3 is 0 Å². The average molecular weight is 593 g/mol. The minimum atomic E-state index is -0.479. The molecule has 0 spiro atoms. The van der Waals surface area contributed by atoms with Gasteiger partial charge in [0, 0.05) is 67.9 Å². The van der Waals surface area contributed by atoms with E-state index in [1.165, 1.54) is 0 Å². The second-order valence-corrected chi connectivity index (χ2v) is 11.2. The lowest BCUT2D eigenvalue weighted by Gasteiger charge is -2.34. The first-order valence-corrected chi connectivity index (χ1v) is 14.4. The predicted octanol–water partition coefficient (Wildman–Crippen LogP) is 4.90. The van der Waals surface area contributed by atoms with Crippen LogP contribution in [-0.2, 0) is 6.54 Å². The number of rotatable bonds is 7. The standard InChI is InChI=1S/C30H31Cl2N7O2/c1-19-16-34-30(35-25-6-5-23(15-24(25)32)37-9-7-33-8-10-37)36-28(19)21-14-26-29(41)39(12-11-38(26)17-21)27(18-40)20-3-2-4-22(31)13-20/h2-6,13-17,27,33,40H,7-12,18H2,1H3,(H,34,35,36). The van der Waals surface area contributed by atoms with Crippen molar-refractivity contribution in [3.05, 3.63) is 87.8 Å². The molecular formula is C30H31Cl2N7O2. The molecule has 9 nitrogen and oxygen atoms in total. The van der Waals surface area contributed by atoms with Crippen molar-refractivity contribution >= 4 is 46.4 Å². The number of nitrogens with zero attached hydrogens (tertiary/aromatic N) is 5. The molecule has 11 heteroatoms. The highest BCUT2D eigenvalue weighted by atomic mass is 35.5. The van der Waals surface area contributed by atoms with Gasteiger partial charge in [-0.2, -0.15) is 0 Å².